The van der Waals surface area contributed by atoms with Crippen molar-refractivity contribution in [1.29, 1.82) is 0 Å². The Morgan fingerprint density at radius 3 is 3.22 bits per heavy atom. The van der Waals surface area contributed by atoms with Crippen LogP contribution in [0.25, 0.3) is 10.7 Å². The summed E-state index contributed by atoms with van der Waals surface area (Å²) >= 11 is 1.64. The van der Waals surface area contributed by atoms with E-state index in [1.807, 2.05) is 17.5 Å². The van der Waals surface area contributed by atoms with Crippen molar-refractivity contribution in [3.63, 3.8) is 0 Å². The smallest absolute Gasteiger partial charge is 0.227 e. The highest BCUT2D eigenvalue weighted by atomic mass is 32.1. The van der Waals surface area contributed by atoms with Crippen LogP contribution in [-0.2, 0) is 6.42 Å². The zero-order valence-corrected chi connectivity index (χ0v) is 11.1. The molecule has 1 atom stereocenters. The van der Waals surface area contributed by atoms with E-state index in [1.54, 1.807) is 11.3 Å². The molecule has 2 aromatic rings. The normalized spacial score (nSPS) is 20.1. The molecule has 1 fully saturated rings. The van der Waals surface area contributed by atoms with Crippen molar-refractivity contribution in [3.8, 4) is 10.7 Å². The van der Waals surface area contributed by atoms with Crippen LogP contribution in [0, 0.1) is 0 Å². The van der Waals surface area contributed by atoms with E-state index in [2.05, 4.69) is 15.5 Å². The molecular weight excluding hydrogens is 246 g/mol. The molecule has 4 nitrogen and oxygen atoms in total. The van der Waals surface area contributed by atoms with Crippen molar-refractivity contribution in [2.45, 2.75) is 38.1 Å². The van der Waals surface area contributed by atoms with Gasteiger partial charge >= 0.3 is 0 Å². The Kier molecular flexibility index (Phi) is 3.71. The number of nitrogens with zero attached hydrogens (tertiary/aromatic N) is 2. The maximum absolute atomic E-state index is 5.30. The number of piperidine rings is 1. The Hall–Kier alpha value is -1.20. The molecule has 1 unspecified atom stereocenters. The van der Waals surface area contributed by atoms with Crippen molar-refractivity contribution < 1.29 is 4.52 Å². The Morgan fingerprint density at radius 2 is 2.44 bits per heavy atom. The molecule has 2 aromatic heterocycles. The average Bonchev–Trinajstić information content (AvgIpc) is 3.08. The standard InChI is InChI=1S/C13H17N3OS/c1-2-8-14-10(4-1)6-7-12-15-13(16-17-12)11-5-3-9-18-11/h3,5,9-10,14H,1-2,4,6-8H2. The summed E-state index contributed by atoms with van der Waals surface area (Å²) in [6.07, 6.45) is 5.87. The lowest BCUT2D eigenvalue weighted by atomic mass is 10.0. The number of nitrogens with one attached hydrogen (secondary N) is 1. The minimum atomic E-state index is 0.621. The zero-order chi connectivity index (χ0) is 12.2. The molecule has 0 spiro atoms. The maximum Gasteiger partial charge on any atom is 0.227 e. The molecule has 0 saturated carbocycles. The highest BCUT2D eigenvalue weighted by Crippen LogP contribution is 2.22. The first-order valence-corrected chi connectivity index (χ1v) is 7.39. The van der Waals surface area contributed by atoms with Gasteiger partial charge in [0.25, 0.3) is 0 Å². The monoisotopic (exact) mass is 263 g/mol. The molecule has 5 heteroatoms. The number of aryl methyl sites for hydroxylation is 1. The second-order valence-corrected chi connectivity index (χ2v) is 5.62. The zero-order valence-electron chi connectivity index (χ0n) is 10.3. The van der Waals surface area contributed by atoms with E-state index >= 15 is 0 Å². The summed E-state index contributed by atoms with van der Waals surface area (Å²) < 4.78 is 5.30. The van der Waals surface area contributed by atoms with Gasteiger partial charge < -0.3 is 9.84 Å². The molecule has 0 amide bonds. The van der Waals surface area contributed by atoms with Crippen LogP contribution < -0.4 is 5.32 Å². The molecule has 1 N–H and O–H groups in total. The summed E-state index contributed by atoms with van der Waals surface area (Å²) in [5.74, 6) is 1.47. The molecule has 3 rings (SSSR count). The molecule has 1 saturated heterocycles. The highest BCUT2D eigenvalue weighted by molar-refractivity contribution is 7.13. The SMILES string of the molecule is c1csc(-c2noc(CCC3CCCCN3)n2)c1. The minimum absolute atomic E-state index is 0.621. The molecule has 18 heavy (non-hydrogen) atoms. The van der Waals surface area contributed by atoms with E-state index in [9.17, 15) is 0 Å². The van der Waals surface area contributed by atoms with Crippen LogP contribution in [0.5, 0.6) is 0 Å². The van der Waals surface area contributed by atoms with Crippen LogP contribution in [0.4, 0.5) is 0 Å². The van der Waals surface area contributed by atoms with Gasteiger partial charge in [-0.1, -0.05) is 17.6 Å². The summed E-state index contributed by atoms with van der Waals surface area (Å²) in [5, 5.41) is 9.59. The number of thiophene rings is 1. The van der Waals surface area contributed by atoms with Crippen molar-refractivity contribution in [2.24, 2.45) is 0 Å². The largest absolute Gasteiger partial charge is 0.339 e. The lowest BCUT2D eigenvalue weighted by molar-refractivity contribution is 0.343. The van der Waals surface area contributed by atoms with Crippen molar-refractivity contribution in [3.05, 3.63) is 23.4 Å². The highest BCUT2D eigenvalue weighted by Gasteiger charge is 2.15. The van der Waals surface area contributed by atoms with Crippen molar-refractivity contribution in [2.75, 3.05) is 6.54 Å². The van der Waals surface area contributed by atoms with Crippen LogP contribution in [0.3, 0.4) is 0 Å². The molecule has 0 aliphatic carbocycles. The molecule has 0 bridgehead atoms. The molecule has 0 radical (unpaired) electrons. The maximum atomic E-state index is 5.30. The van der Waals surface area contributed by atoms with Gasteiger partial charge in [-0.3, -0.25) is 0 Å². The Labute approximate surface area is 110 Å². The Bertz CT molecular complexity index is 474. The van der Waals surface area contributed by atoms with Crippen LogP contribution in [-0.4, -0.2) is 22.7 Å². The summed E-state index contributed by atoms with van der Waals surface area (Å²) in [4.78, 5) is 5.51. The Morgan fingerprint density at radius 1 is 1.44 bits per heavy atom. The number of rotatable bonds is 4. The van der Waals surface area contributed by atoms with E-state index in [4.69, 9.17) is 4.52 Å². The van der Waals surface area contributed by atoms with E-state index in [0.717, 1.165) is 36.0 Å². The van der Waals surface area contributed by atoms with E-state index in [1.165, 1.54) is 19.3 Å². The quantitative estimate of drug-likeness (QED) is 0.921. The second-order valence-electron chi connectivity index (χ2n) is 4.67. The fourth-order valence-corrected chi connectivity index (χ4v) is 2.98. The summed E-state index contributed by atoms with van der Waals surface area (Å²) in [6, 6.07) is 4.64. The first kappa shape index (κ1) is 11.9. The Balaban J connectivity index is 1.57. The fraction of sp³-hybridized carbons (Fsp3) is 0.538. The molecule has 0 aromatic carbocycles. The van der Waals surface area contributed by atoms with Gasteiger partial charge in [-0.05, 0) is 37.3 Å². The van der Waals surface area contributed by atoms with Gasteiger partial charge in [0.05, 0.1) is 4.88 Å². The van der Waals surface area contributed by atoms with Crippen LogP contribution in [0.1, 0.15) is 31.6 Å². The summed E-state index contributed by atoms with van der Waals surface area (Å²) in [7, 11) is 0. The van der Waals surface area contributed by atoms with Gasteiger partial charge in [-0.2, -0.15) is 4.98 Å². The molecular formula is C13H17N3OS. The van der Waals surface area contributed by atoms with Crippen LogP contribution in [0.15, 0.2) is 22.0 Å². The fourth-order valence-electron chi connectivity index (χ4n) is 2.33. The van der Waals surface area contributed by atoms with Crippen LogP contribution >= 0.6 is 11.3 Å². The van der Waals surface area contributed by atoms with E-state index in [-0.39, 0.29) is 0 Å². The number of aromatic nitrogens is 2. The predicted molar refractivity (Wildman–Crippen MR) is 71.6 cm³/mol. The molecule has 1 aliphatic rings. The molecule has 1 aliphatic heterocycles. The average molecular weight is 263 g/mol. The van der Waals surface area contributed by atoms with E-state index < -0.39 is 0 Å². The summed E-state index contributed by atoms with van der Waals surface area (Å²) in [6.45, 7) is 1.15. The summed E-state index contributed by atoms with van der Waals surface area (Å²) in [5.41, 5.74) is 0. The number of hydrogen-bond donors (Lipinski definition) is 1. The lowest BCUT2D eigenvalue weighted by Gasteiger charge is -2.22. The predicted octanol–water partition coefficient (Wildman–Crippen LogP) is 2.87. The molecule has 3 heterocycles. The first-order chi connectivity index (χ1) is 8.92. The van der Waals surface area contributed by atoms with Gasteiger partial charge in [0.1, 0.15) is 0 Å². The lowest BCUT2D eigenvalue weighted by Crippen LogP contribution is -2.34. The van der Waals surface area contributed by atoms with Gasteiger partial charge in [-0.15, -0.1) is 11.3 Å². The van der Waals surface area contributed by atoms with Gasteiger partial charge in [0, 0.05) is 12.5 Å². The third-order valence-electron chi connectivity index (χ3n) is 3.33. The second kappa shape index (κ2) is 5.63. The van der Waals surface area contributed by atoms with E-state index in [0.29, 0.717) is 6.04 Å². The van der Waals surface area contributed by atoms with Gasteiger partial charge in [-0.25, -0.2) is 0 Å². The van der Waals surface area contributed by atoms with Gasteiger partial charge in [0.15, 0.2) is 0 Å². The van der Waals surface area contributed by atoms with Crippen LogP contribution in [0.2, 0.25) is 0 Å². The topological polar surface area (TPSA) is 51.0 Å². The third kappa shape index (κ3) is 2.79. The number of hydrogen-bond acceptors (Lipinski definition) is 5. The van der Waals surface area contributed by atoms with Crippen molar-refractivity contribution >= 4 is 11.3 Å². The minimum Gasteiger partial charge on any atom is -0.339 e. The van der Waals surface area contributed by atoms with Crippen molar-refractivity contribution in [1.82, 2.24) is 15.5 Å². The third-order valence-corrected chi connectivity index (χ3v) is 4.19. The first-order valence-electron chi connectivity index (χ1n) is 6.51. The van der Waals surface area contributed by atoms with Gasteiger partial charge in [0.2, 0.25) is 11.7 Å². The molecule has 96 valence electrons.